The van der Waals surface area contributed by atoms with Crippen molar-refractivity contribution in [3.8, 4) is 0 Å². The van der Waals surface area contributed by atoms with Gasteiger partial charge in [0.15, 0.2) is 12.4 Å². The molecule has 0 saturated heterocycles. The fourth-order valence-electron chi connectivity index (χ4n) is 2.11. The third-order valence-corrected chi connectivity index (χ3v) is 4.12. The van der Waals surface area contributed by atoms with E-state index in [2.05, 4.69) is 15.0 Å². The second-order valence-corrected chi connectivity index (χ2v) is 5.98. The van der Waals surface area contributed by atoms with Crippen molar-refractivity contribution in [1.82, 2.24) is 15.0 Å². The second-order valence-electron chi connectivity index (χ2n) is 4.93. The van der Waals surface area contributed by atoms with E-state index >= 15 is 0 Å². The summed E-state index contributed by atoms with van der Waals surface area (Å²) < 4.78 is 5.12. The van der Waals surface area contributed by atoms with E-state index in [-0.39, 0.29) is 36.1 Å². The van der Waals surface area contributed by atoms with Gasteiger partial charge >= 0.3 is 5.97 Å². The molecule has 1 aromatic heterocycles. The number of thioether (sulfide) groups is 1. The number of carbonyl (C=O) groups is 1. The summed E-state index contributed by atoms with van der Waals surface area (Å²) in [5.41, 5.74) is 10.9. The number of nitrogens with two attached hydrogens (primary N) is 2. The highest BCUT2D eigenvalue weighted by molar-refractivity contribution is 8.00. The number of rotatable bonds is 5. The van der Waals surface area contributed by atoms with Crippen LogP contribution in [0.1, 0.15) is 5.82 Å². The molecule has 3 aromatic rings. The molecule has 0 aliphatic carbocycles. The normalized spacial score (nSPS) is 10.7. The highest BCUT2D eigenvalue weighted by atomic mass is 32.2. The van der Waals surface area contributed by atoms with Gasteiger partial charge in [-0.3, -0.25) is 4.79 Å². The first-order valence-electron chi connectivity index (χ1n) is 7.13. The largest absolute Gasteiger partial charge is 0.457 e. The molecule has 0 bridgehead atoms. The van der Waals surface area contributed by atoms with Crippen LogP contribution in [0.5, 0.6) is 0 Å². The SMILES string of the molecule is Nc1nc(N)nc(COC(=O)CSc2ccc3ccccc3c2)n1. The number of nitrogens with zero attached hydrogens (tertiary/aromatic N) is 3. The molecule has 8 heteroatoms. The van der Waals surface area contributed by atoms with Crippen molar-refractivity contribution >= 4 is 40.4 Å². The Morgan fingerprint density at radius 1 is 1.00 bits per heavy atom. The van der Waals surface area contributed by atoms with Crippen LogP contribution in [0.3, 0.4) is 0 Å². The first-order valence-corrected chi connectivity index (χ1v) is 8.12. The molecule has 1 heterocycles. The van der Waals surface area contributed by atoms with Crippen LogP contribution >= 0.6 is 11.8 Å². The number of benzene rings is 2. The van der Waals surface area contributed by atoms with Gasteiger partial charge in [0.05, 0.1) is 5.75 Å². The predicted octanol–water partition coefficient (Wildman–Crippen LogP) is 2.02. The third-order valence-electron chi connectivity index (χ3n) is 3.16. The number of fused-ring (bicyclic) bond motifs is 1. The summed E-state index contributed by atoms with van der Waals surface area (Å²) >= 11 is 1.41. The first kappa shape index (κ1) is 16.0. The fourth-order valence-corrected chi connectivity index (χ4v) is 2.85. The van der Waals surface area contributed by atoms with Crippen LogP contribution in [0.25, 0.3) is 10.8 Å². The molecule has 0 fully saturated rings. The molecule has 122 valence electrons. The van der Waals surface area contributed by atoms with Gasteiger partial charge in [-0.1, -0.05) is 30.3 Å². The van der Waals surface area contributed by atoms with Crippen molar-refractivity contribution in [1.29, 1.82) is 0 Å². The molecule has 0 saturated carbocycles. The summed E-state index contributed by atoms with van der Waals surface area (Å²) in [7, 11) is 0. The van der Waals surface area contributed by atoms with E-state index < -0.39 is 0 Å². The lowest BCUT2D eigenvalue weighted by molar-refractivity contribution is -0.141. The zero-order chi connectivity index (χ0) is 16.9. The van der Waals surface area contributed by atoms with Gasteiger partial charge in [-0.05, 0) is 22.9 Å². The maximum atomic E-state index is 11.8. The van der Waals surface area contributed by atoms with Gasteiger partial charge in [0.1, 0.15) is 0 Å². The number of aromatic nitrogens is 3. The minimum Gasteiger partial charge on any atom is -0.457 e. The lowest BCUT2D eigenvalue weighted by Crippen LogP contribution is -2.12. The van der Waals surface area contributed by atoms with E-state index in [1.165, 1.54) is 11.8 Å². The minimum atomic E-state index is -0.370. The molecule has 0 amide bonds. The highest BCUT2D eigenvalue weighted by Gasteiger charge is 2.08. The molecule has 4 N–H and O–H groups in total. The van der Waals surface area contributed by atoms with Crippen LogP contribution in [0.15, 0.2) is 47.4 Å². The summed E-state index contributed by atoms with van der Waals surface area (Å²) in [4.78, 5) is 24.2. The summed E-state index contributed by atoms with van der Waals surface area (Å²) in [6.45, 7) is -0.0893. The quantitative estimate of drug-likeness (QED) is 0.535. The molecular formula is C16H15N5O2S. The van der Waals surface area contributed by atoms with Gasteiger partial charge < -0.3 is 16.2 Å². The first-order chi connectivity index (χ1) is 11.6. The van der Waals surface area contributed by atoms with Crippen molar-refractivity contribution in [2.45, 2.75) is 11.5 Å². The van der Waals surface area contributed by atoms with Crippen molar-refractivity contribution < 1.29 is 9.53 Å². The van der Waals surface area contributed by atoms with E-state index in [0.717, 1.165) is 15.7 Å². The van der Waals surface area contributed by atoms with Crippen molar-refractivity contribution in [3.05, 3.63) is 48.3 Å². The van der Waals surface area contributed by atoms with Gasteiger partial charge in [-0.15, -0.1) is 11.8 Å². The van der Waals surface area contributed by atoms with Crippen molar-refractivity contribution in [2.24, 2.45) is 0 Å². The average Bonchev–Trinajstić information content (AvgIpc) is 2.57. The molecule has 3 rings (SSSR count). The van der Waals surface area contributed by atoms with Crippen LogP contribution in [-0.2, 0) is 16.1 Å². The van der Waals surface area contributed by atoms with E-state index in [9.17, 15) is 4.79 Å². The van der Waals surface area contributed by atoms with E-state index in [1.54, 1.807) is 0 Å². The predicted molar refractivity (Wildman–Crippen MR) is 93.1 cm³/mol. The lowest BCUT2D eigenvalue weighted by atomic mass is 10.1. The minimum absolute atomic E-state index is 0.000845. The van der Waals surface area contributed by atoms with Gasteiger partial charge in [0.25, 0.3) is 0 Å². The molecule has 0 unspecified atom stereocenters. The lowest BCUT2D eigenvalue weighted by Gasteiger charge is -2.06. The topological polar surface area (TPSA) is 117 Å². The number of anilines is 2. The molecule has 2 aromatic carbocycles. The Morgan fingerprint density at radius 2 is 1.71 bits per heavy atom. The number of esters is 1. The number of hydrogen-bond acceptors (Lipinski definition) is 8. The third kappa shape index (κ3) is 4.11. The zero-order valence-corrected chi connectivity index (χ0v) is 13.5. The zero-order valence-electron chi connectivity index (χ0n) is 12.7. The Hall–Kier alpha value is -2.87. The summed E-state index contributed by atoms with van der Waals surface area (Å²) in [6, 6.07) is 14.1. The van der Waals surface area contributed by atoms with E-state index in [4.69, 9.17) is 16.2 Å². The molecular weight excluding hydrogens is 326 g/mol. The van der Waals surface area contributed by atoms with Crippen molar-refractivity contribution in [2.75, 3.05) is 17.2 Å². The second kappa shape index (κ2) is 7.14. The smallest absolute Gasteiger partial charge is 0.316 e. The Labute approximate surface area is 142 Å². The molecule has 0 spiro atoms. The van der Waals surface area contributed by atoms with Crippen molar-refractivity contribution in [3.63, 3.8) is 0 Å². The molecule has 7 nitrogen and oxygen atoms in total. The monoisotopic (exact) mass is 341 g/mol. The van der Waals surface area contributed by atoms with E-state index in [0.29, 0.717) is 0 Å². The average molecular weight is 341 g/mol. The number of nitrogen functional groups attached to an aromatic ring is 2. The summed E-state index contributed by atoms with van der Waals surface area (Å²) in [6.07, 6.45) is 0. The Morgan fingerprint density at radius 3 is 2.46 bits per heavy atom. The molecule has 0 radical (unpaired) electrons. The van der Waals surface area contributed by atoms with Crippen LogP contribution in [0.2, 0.25) is 0 Å². The molecule has 0 aliphatic rings. The Balaban J connectivity index is 1.54. The summed E-state index contributed by atoms with van der Waals surface area (Å²) in [5, 5.41) is 2.29. The maximum absolute atomic E-state index is 11.8. The van der Waals surface area contributed by atoms with E-state index in [1.807, 2.05) is 42.5 Å². The van der Waals surface area contributed by atoms with Gasteiger partial charge in [-0.25, -0.2) is 0 Å². The van der Waals surface area contributed by atoms with Gasteiger partial charge in [-0.2, -0.15) is 15.0 Å². The standard InChI is InChI=1S/C16H15N5O2S/c17-15-19-13(20-16(18)21-15)8-23-14(22)9-24-12-6-5-10-3-1-2-4-11(10)7-12/h1-7H,8-9H2,(H4,17,18,19,20,21). The molecule has 0 aliphatic heterocycles. The highest BCUT2D eigenvalue weighted by Crippen LogP contribution is 2.23. The molecule has 0 atom stereocenters. The summed E-state index contributed by atoms with van der Waals surface area (Å²) in [5.74, 6) is 0.0435. The number of carbonyl (C=O) groups excluding carboxylic acids is 1. The molecule has 24 heavy (non-hydrogen) atoms. The van der Waals surface area contributed by atoms with Crippen LogP contribution in [0, 0.1) is 0 Å². The maximum Gasteiger partial charge on any atom is 0.316 e. The Kier molecular flexibility index (Phi) is 4.76. The fraction of sp³-hybridized carbons (Fsp3) is 0.125. The Bertz CT molecular complexity index is 867. The number of ether oxygens (including phenoxy) is 1. The van der Waals surface area contributed by atoms with Gasteiger partial charge in [0.2, 0.25) is 11.9 Å². The van der Waals surface area contributed by atoms with Crippen LogP contribution in [-0.4, -0.2) is 26.7 Å². The van der Waals surface area contributed by atoms with Crippen LogP contribution in [0.4, 0.5) is 11.9 Å². The van der Waals surface area contributed by atoms with Gasteiger partial charge in [0, 0.05) is 4.90 Å². The van der Waals surface area contributed by atoms with Crippen LogP contribution < -0.4 is 11.5 Å². The number of hydrogen-bond donors (Lipinski definition) is 2.